The summed E-state index contributed by atoms with van der Waals surface area (Å²) in [4.78, 5) is 0. The van der Waals surface area contributed by atoms with Crippen molar-refractivity contribution in [2.45, 2.75) is 12.3 Å². The topological polar surface area (TPSA) is 9.23 Å². The molecule has 0 saturated heterocycles. The van der Waals surface area contributed by atoms with Crippen LogP contribution in [0.5, 0.6) is 5.75 Å². The van der Waals surface area contributed by atoms with Gasteiger partial charge in [0, 0.05) is 9.80 Å². The van der Waals surface area contributed by atoms with Gasteiger partial charge in [-0.15, -0.1) is 0 Å². The van der Waals surface area contributed by atoms with Gasteiger partial charge >= 0.3 is 0 Å². The molecule has 3 heteroatoms. The first-order valence-corrected chi connectivity index (χ1v) is 5.49. The van der Waals surface area contributed by atoms with E-state index >= 15 is 0 Å². The molecular weight excluding hydrogens is 284 g/mol. The van der Waals surface area contributed by atoms with Gasteiger partial charge in [0.1, 0.15) is 5.75 Å². The lowest BCUT2D eigenvalue weighted by molar-refractivity contribution is 0.411. The highest BCUT2D eigenvalue weighted by atomic mass is 79.9. The summed E-state index contributed by atoms with van der Waals surface area (Å²) in [5.74, 6) is 0.938. The maximum absolute atomic E-state index is 5.20. The van der Waals surface area contributed by atoms with E-state index in [1.165, 1.54) is 5.56 Å². The second-order valence-corrected chi connectivity index (χ2v) is 3.96. The molecule has 0 fully saturated rings. The Bertz CT molecular complexity index is 259. The van der Waals surface area contributed by atoms with Crippen LogP contribution in [0.3, 0.4) is 0 Å². The third-order valence-electron chi connectivity index (χ3n) is 1.71. The van der Waals surface area contributed by atoms with E-state index in [-0.39, 0.29) is 0 Å². The third-order valence-corrected chi connectivity index (χ3v) is 3.05. The second-order valence-electron chi connectivity index (χ2n) is 2.55. The van der Waals surface area contributed by atoms with Crippen LogP contribution < -0.4 is 4.74 Å². The molecule has 1 aromatic rings. The Hall–Kier alpha value is -0.0200. The summed E-state index contributed by atoms with van der Waals surface area (Å²) >= 11 is 6.90. The van der Waals surface area contributed by atoms with E-state index in [0.29, 0.717) is 0 Å². The number of alkyl halides is 1. The molecule has 0 heterocycles. The fourth-order valence-electron chi connectivity index (χ4n) is 1.02. The average molecular weight is 294 g/mol. The van der Waals surface area contributed by atoms with Crippen molar-refractivity contribution < 1.29 is 4.74 Å². The molecule has 0 aliphatic heterocycles. The van der Waals surface area contributed by atoms with Crippen LogP contribution in [-0.2, 0) is 5.33 Å². The summed E-state index contributed by atoms with van der Waals surface area (Å²) in [6.07, 6.45) is 0. The largest absolute Gasteiger partial charge is 0.496 e. The molecule has 0 spiro atoms. The van der Waals surface area contributed by atoms with Crippen molar-refractivity contribution in [1.29, 1.82) is 0 Å². The lowest BCUT2D eigenvalue weighted by Crippen LogP contribution is -1.90. The lowest BCUT2D eigenvalue weighted by atomic mass is 10.1. The maximum Gasteiger partial charge on any atom is 0.122 e. The molecule has 0 bridgehead atoms. The van der Waals surface area contributed by atoms with E-state index in [4.69, 9.17) is 4.74 Å². The minimum Gasteiger partial charge on any atom is -0.496 e. The van der Waals surface area contributed by atoms with E-state index in [1.807, 2.05) is 13.0 Å². The number of rotatable bonds is 2. The molecule has 0 saturated carbocycles. The number of halogens is 2. The quantitative estimate of drug-likeness (QED) is 0.756. The SMILES string of the molecule is COc1cc(CBr)c(Br)cc1C. The van der Waals surface area contributed by atoms with Gasteiger partial charge in [-0.3, -0.25) is 0 Å². The van der Waals surface area contributed by atoms with Crippen LogP contribution in [-0.4, -0.2) is 7.11 Å². The van der Waals surface area contributed by atoms with Crippen LogP contribution in [0.1, 0.15) is 11.1 Å². The molecule has 0 radical (unpaired) electrons. The lowest BCUT2D eigenvalue weighted by Gasteiger charge is -2.07. The summed E-state index contributed by atoms with van der Waals surface area (Å²) < 4.78 is 6.32. The van der Waals surface area contributed by atoms with Crippen LogP contribution in [0.4, 0.5) is 0 Å². The van der Waals surface area contributed by atoms with E-state index in [2.05, 4.69) is 37.9 Å². The van der Waals surface area contributed by atoms with Gasteiger partial charge in [0.25, 0.3) is 0 Å². The highest BCUT2D eigenvalue weighted by Crippen LogP contribution is 2.27. The summed E-state index contributed by atoms with van der Waals surface area (Å²) in [5, 5.41) is 0.838. The standard InChI is InChI=1S/C9H10Br2O/c1-6-3-8(11)7(5-10)4-9(6)12-2/h3-4H,5H2,1-2H3. The van der Waals surface area contributed by atoms with E-state index in [0.717, 1.165) is 21.1 Å². The van der Waals surface area contributed by atoms with Crippen LogP contribution in [0, 0.1) is 6.92 Å². The second kappa shape index (κ2) is 4.28. The van der Waals surface area contributed by atoms with Crippen molar-refractivity contribution in [3.8, 4) is 5.75 Å². The van der Waals surface area contributed by atoms with Gasteiger partial charge in [0.2, 0.25) is 0 Å². The zero-order chi connectivity index (χ0) is 9.14. The molecule has 1 rings (SSSR count). The van der Waals surface area contributed by atoms with Gasteiger partial charge in [0.15, 0.2) is 0 Å². The van der Waals surface area contributed by atoms with Crippen LogP contribution in [0.25, 0.3) is 0 Å². The van der Waals surface area contributed by atoms with Gasteiger partial charge in [-0.25, -0.2) is 0 Å². The van der Waals surface area contributed by atoms with Crippen LogP contribution in [0.2, 0.25) is 0 Å². The Balaban J connectivity index is 3.18. The molecule has 12 heavy (non-hydrogen) atoms. The molecule has 0 unspecified atom stereocenters. The van der Waals surface area contributed by atoms with Crippen molar-refractivity contribution in [1.82, 2.24) is 0 Å². The minimum atomic E-state index is 0.838. The first kappa shape index (κ1) is 10.1. The Morgan fingerprint density at radius 3 is 2.58 bits per heavy atom. The number of hydrogen-bond acceptors (Lipinski definition) is 1. The van der Waals surface area contributed by atoms with Crippen molar-refractivity contribution in [3.05, 3.63) is 27.7 Å². The summed E-state index contributed by atoms with van der Waals surface area (Å²) in [6, 6.07) is 4.10. The van der Waals surface area contributed by atoms with Crippen LogP contribution >= 0.6 is 31.9 Å². The number of methoxy groups -OCH3 is 1. The predicted molar refractivity (Wildman–Crippen MR) is 58.1 cm³/mol. The third kappa shape index (κ3) is 2.02. The molecule has 0 aliphatic rings. The van der Waals surface area contributed by atoms with Gasteiger partial charge in [-0.05, 0) is 30.2 Å². The van der Waals surface area contributed by atoms with Gasteiger partial charge < -0.3 is 4.74 Å². The summed E-state index contributed by atoms with van der Waals surface area (Å²) in [7, 11) is 1.69. The zero-order valence-corrected chi connectivity index (χ0v) is 10.2. The molecule has 0 aromatic heterocycles. The molecule has 0 atom stereocenters. The van der Waals surface area contributed by atoms with E-state index < -0.39 is 0 Å². The molecule has 0 N–H and O–H groups in total. The monoisotopic (exact) mass is 292 g/mol. The predicted octanol–water partition coefficient (Wildman–Crippen LogP) is 3.66. The van der Waals surface area contributed by atoms with Gasteiger partial charge in [-0.1, -0.05) is 31.9 Å². The van der Waals surface area contributed by atoms with Gasteiger partial charge in [-0.2, -0.15) is 0 Å². The summed E-state index contributed by atoms with van der Waals surface area (Å²) in [5.41, 5.74) is 2.35. The van der Waals surface area contributed by atoms with Crippen molar-refractivity contribution in [2.75, 3.05) is 7.11 Å². The average Bonchev–Trinajstić information content (AvgIpc) is 2.05. The molecule has 66 valence electrons. The van der Waals surface area contributed by atoms with Gasteiger partial charge in [0.05, 0.1) is 7.11 Å². The molecule has 0 aliphatic carbocycles. The van der Waals surface area contributed by atoms with Crippen molar-refractivity contribution in [2.24, 2.45) is 0 Å². The Kier molecular flexibility index (Phi) is 3.59. The minimum absolute atomic E-state index is 0.838. The number of ether oxygens (including phenoxy) is 1. The molecule has 1 nitrogen and oxygen atoms in total. The van der Waals surface area contributed by atoms with Crippen molar-refractivity contribution in [3.63, 3.8) is 0 Å². The molecule has 0 amide bonds. The first-order valence-electron chi connectivity index (χ1n) is 3.58. The highest BCUT2D eigenvalue weighted by molar-refractivity contribution is 9.10. The Morgan fingerprint density at radius 2 is 2.08 bits per heavy atom. The Labute approximate surface area is 89.4 Å². The number of aryl methyl sites for hydroxylation is 1. The smallest absolute Gasteiger partial charge is 0.122 e. The van der Waals surface area contributed by atoms with E-state index in [9.17, 15) is 0 Å². The molecule has 1 aromatic carbocycles. The number of hydrogen-bond donors (Lipinski definition) is 0. The normalized spacial score (nSPS) is 10.0. The Morgan fingerprint density at radius 1 is 1.42 bits per heavy atom. The highest BCUT2D eigenvalue weighted by Gasteiger charge is 2.03. The molecular formula is C9H10Br2O. The van der Waals surface area contributed by atoms with Crippen LogP contribution in [0.15, 0.2) is 16.6 Å². The van der Waals surface area contributed by atoms with E-state index in [1.54, 1.807) is 7.11 Å². The fraction of sp³-hybridized carbons (Fsp3) is 0.333. The van der Waals surface area contributed by atoms with Crippen molar-refractivity contribution >= 4 is 31.9 Å². The maximum atomic E-state index is 5.20. The first-order chi connectivity index (χ1) is 5.69. The summed E-state index contributed by atoms with van der Waals surface area (Å²) in [6.45, 7) is 2.03. The zero-order valence-electron chi connectivity index (χ0n) is 7.03. The number of benzene rings is 1. The fourth-order valence-corrected chi connectivity index (χ4v) is 2.46.